The highest BCUT2D eigenvalue weighted by molar-refractivity contribution is 7.99. The fourth-order valence-corrected chi connectivity index (χ4v) is 3.74. The third-order valence-electron chi connectivity index (χ3n) is 4.53. The molecule has 24 heavy (non-hydrogen) atoms. The molecule has 1 heterocycles. The number of carbonyl (C=O) groups excluding carboxylic acids is 1. The molecule has 1 aliphatic rings. The lowest BCUT2D eigenvalue weighted by Crippen LogP contribution is -2.14. The van der Waals surface area contributed by atoms with Crippen molar-refractivity contribution in [3.63, 3.8) is 0 Å². The van der Waals surface area contributed by atoms with E-state index in [1.54, 1.807) is 0 Å². The Balaban J connectivity index is 1.43. The lowest BCUT2D eigenvalue weighted by atomic mass is 10.0. The number of hydrogen-bond donors (Lipinski definition) is 2. The minimum absolute atomic E-state index is 0.0356. The Morgan fingerprint density at radius 3 is 2.92 bits per heavy atom. The van der Waals surface area contributed by atoms with Crippen molar-refractivity contribution in [3.8, 4) is 0 Å². The summed E-state index contributed by atoms with van der Waals surface area (Å²) in [6.07, 6.45) is 7.60. The van der Waals surface area contributed by atoms with Gasteiger partial charge in [0.2, 0.25) is 11.1 Å². The number of thioether (sulfide) groups is 1. The van der Waals surface area contributed by atoms with Gasteiger partial charge in [-0.3, -0.25) is 9.89 Å². The zero-order chi connectivity index (χ0) is 16.8. The molecular formula is C18H24N4OS. The monoisotopic (exact) mass is 344 g/mol. The second-order valence-electron chi connectivity index (χ2n) is 6.41. The van der Waals surface area contributed by atoms with Crippen LogP contribution < -0.4 is 5.32 Å². The molecule has 1 aromatic carbocycles. The summed E-state index contributed by atoms with van der Waals surface area (Å²) < 4.78 is 0. The quantitative estimate of drug-likeness (QED) is 0.746. The molecule has 1 aliphatic carbocycles. The summed E-state index contributed by atoms with van der Waals surface area (Å²) in [7, 11) is 0. The summed E-state index contributed by atoms with van der Waals surface area (Å²) >= 11 is 1.37. The second kappa shape index (κ2) is 8.33. The molecule has 0 bridgehead atoms. The minimum atomic E-state index is -0.0356. The molecule has 128 valence electrons. The van der Waals surface area contributed by atoms with Crippen LogP contribution in [0.2, 0.25) is 0 Å². The number of nitrogens with zero attached hydrogens (tertiary/aromatic N) is 2. The number of rotatable bonds is 7. The molecule has 3 rings (SSSR count). The maximum absolute atomic E-state index is 12.0. The fraction of sp³-hybridized carbons (Fsp3) is 0.500. The van der Waals surface area contributed by atoms with Gasteiger partial charge in [0.1, 0.15) is 5.82 Å². The third-order valence-corrected chi connectivity index (χ3v) is 5.37. The highest BCUT2D eigenvalue weighted by atomic mass is 32.2. The highest BCUT2D eigenvalue weighted by Crippen LogP contribution is 2.28. The zero-order valence-electron chi connectivity index (χ0n) is 14.0. The lowest BCUT2D eigenvalue weighted by molar-refractivity contribution is -0.113. The van der Waals surface area contributed by atoms with Crippen LogP contribution >= 0.6 is 11.8 Å². The molecule has 0 saturated heterocycles. The normalized spacial score (nSPS) is 14.9. The van der Waals surface area contributed by atoms with Gasteiger partial charge in [-0.1, -0.05) is 55.6 Å². The minimum Gasteiger partial charge on any atom is -0.325 e. The molecule has 0 atom stereocenters. The highest BCUT2D eigenvalue weighted by Gasteiger charge is 2.16. The number of anilines is 1. The van der Waals surface area contributed by atoms with Crippen molar-refractivity contribution >= 4 is 23.4 Å². The van der Waals surface area contributed by atoms with Crippen LogP contribution in [0.5, 0.6) is 0 Å². The summed E-state index contributed by atoms with van der Waals surface area (Å²) in [5.41, 5.74) is 1.92. The molecule has 2 aromatic rings. The van der Waals surface area contributed by atoms with E-state index in [1.165, 1.54) is 43.9 Å². The average molecular weight is 344 g/mol. The molecule has 5 nitrogen and oxygen atoms in total. The molecular weight excluding hydrogens is 320 g/mol. The number of carbonyl (C=O) groups is 1. The van der Waals surface area contributed by atoms with Crippen LogP contribution in [0.3, 0.4) is 0 Å². The Labute approximate surface area is 147 Å². The van der Waals surface area contributed by atoms with Crippen LogP contribution in [0.4, 0.5) is 5.69 Å². The maximum atomic E-state index is 12.0. The number of nitrogens with one attached hydrogen (secondary N) is 2. The number of hydrogen-bond acceptors (Lipinski definition) is 4. The van der Waals surface area contributed by atoms with Crippen molar-refractivity contribution in [2.45, 2.75) is 50.6 Å². The van der Waals surface area contributed by atoms with Crippen LogP contribution in [0.1, 0.15) is 43.5 Å². The number of aromatic amines is 1. The number of amides is 1. The van der Waals surface area contributed by atoms with Crippen LogP contribution in [0.15, 0.2) is 29.4 Å². The van der Waals surface area contributed by atoms with Gasteiger partial charge in [-0.15, -0.1) is 5.10 Å². The summed E-state index contributed by atoms with van der Waals surface area (Å²) in [5.74, 6) is 2.07. The molecule has 0 aliphatic heterocycles. The molecule has 1 amide bonds. The van der Waals surface area contributed by atoms with Crippen molar-refractivity contribution in [1.82, 2.24) is 15.2 Å². The van der Waals surface area contributed by atoms with Gasteiger partial charge >= 0.3 is 0 Å². The second-order valence-corrected chi connectivity index (χ2v) is 7.35. The molecule has 1 saturated carbocycles. The fourth-order valence-electron chi connectivity index (χ4n) is 3.12. The molecule has 1 aromatic heterocycles. The Morgan fingerprint density at radius 1 is 1.33 bits per heavy atom. The average Bonchev–Trinajstić information content (AvgIpc) is 3.25. The molecule has 0 spiro atoms. The number of aromatic nitrogens is 3. The van der Waals surface area contributed by atoms with Crippen molar-refractivity contribution in [1.29, 1.82) is 0 Å². The van der Waals surface area contributed by atoms with E-state index >= 15 is 0 Å². The zero-order valence-corrected chi connectivity index (χ0v) is 14.9. The van der Waals surface area contributed by atoms with Gasteiger partial charge in [0, 0.05) is 12.1 Å². The van der Waals surface area contributed by atoms with E-state index in [0.717, 1.165) is 29.4 Å². The van der Waals surface area contributed by atoms with Gasteiger partial charge in [0.15, 0.2) is 0 Å². The van der Waals surface area contributed by atoms with Gasteiger partial charge in [-0.05, 0) is 30.9 Å². The Hall–Kier alpha value is -1.82. The van der Waals surface area contributed by atoms with E-state index in [9.17, 15) is 4.79 Å². The first-order valence-electron chi connectivity index (χ1n) is 8.60. The van der Waals surface area contributed by atoms with Crippen LogP contribution in [-0.4, -0.2) is 26.8 Å². The molecule has 1 fully saturated rings. The van der Waals surface area contributed by atoms with Crippen LogP contribution in [-0.2, 0) is 11.2 Å². The molecule has 2 N–H and O–H groups in total. The lowest BCUT2D eigenvalue weighted by Gasteiger charge is -2.06. The van der Waals surface area contributed by atoms with Crippen molar-refractivity contribution < 1.29 is 4.79 Å². The Morgan fingerprint density at radius 2 is 2.12 bits per heavy atom. The topological polar surface area (TPSA) is 70.7 Å². The SMILES string of the molecule is Cc1ccccc1NC(=O)CSc1n[nH]c(CCC2CCCC2)n1. The Bertz CT molecular complexity index is 679. The summed E-state index contributed by atoms with van der Waals surface area (Å²) in [5, 5.41) is 10.8. The van der Waals surface area contributed by atoms with E-state index in [-0.39, 0.29) is 5.91 Å². The predicted molar refractivity (Wildman–Crippen MR) is 97.2 cm³/mol. The summed E-state index contributed by atoms with van der Waals surface area (Å²) in [4.78, 5) is 16.5. The van der Waals surface area contributed by atoms with Gasteiger partial charge in [-0.25, -0.2) is 4.98 Å². The smallest absolute Gasteiger partial charge is 0.234 e. The first kappa shape index (κ1) is 17.0. The molecule has 6 heteroatoms. The van der Waals surface area contributed by atoms with E-state index in [0.29, 0.717) is 10.9 Å². The summed E-state index contributed by atoms with van der Waals surface area (Å²) in [6, 6.07) is 7.77. The third kappa shape index (κ3) is 4.84. The number of H-pyrrole nitrogens is 1. The maximum Gasteiger partial charge on any atom is 0.234 e. The van der Waals surface area contributed by atoms with E-state index < -0.39 is 0 Å². The van der Waals surface area contributed by atoms with Crippen LogP contribution in [0, 0.1) is 12.8 Å². The number of benzene rings is 1. The van der Waals surface area contributed by atoms with Gasteiger partial charge in [0.05, 0.1) is 5.75 Å². The van der Waals surface area contributed by atoms with Gasteiger partial charge < -0.3 is 5.32 Å². The van der Waals surface area contributed by atoms with E-state index in [2.05, 4.69) is 20.5 Å². The Kier molecular flexibility index (Phi) is 5.91. The standard InChI is InChI=1S/C18H24N4OS/c1-13-6-2-5-9-15(13)19-17(23)12-24-18-20-16(21-22-18)11-10-14-7-3-4-8-14/h2,5-6,9,14H,3-4,7-8,10-12H2,1H3,(H,19,23)(H,20,21,22). The largest absolute Gasteiger partial charge is 0.325 e. The van der Waals surface area contributed by atoms with Crippen molar-refractivity contribution in [2.75, 3.05) is 11.1 Å². The number of para-hydroxylation sites is 1. The van der Waals surface area contributed by atoms with E-state index in [4.69, 9.17) is 0 Å². The predicted octanol–water partition coefficient (Wildman–Crippen LogP) is 3.97. The first-order chi connectivity index (χ1) is 11.7. The van der Waals surface area contributed by atoms with Crippen molar-refractivity contribution in [2.24, 2.45) is 5.92 Å². The summed E-state index contributed by atoms with van der Waals surface area (Å²) in [6.45, 7) is 1.98. The van der Waals surface area contributed by atoms with Crippen LogP contribution in [0.25, 0.3) is 0 Å². The van der Waals surface area contributed by atoms with Crippen molar-refractivity contribution in [3.05, 3.63) is 35.7 Å². The van der Waals surface area contributed by atoms with Gasteiger partial charge in [-0.2, -0.15) is 0 Å². The molecule has 0 radical (unpaired) electrons. The van der Waals surface area contributed by atoms with Gasteiger partial charge in [0.25, 0.3) is 0 Å². The first-order valence-corrected chi connectivity index (χ1v) is 9.59. The molecule has 0 unspecified atom stereocenters. The van der Waals surface area contributed by atoms with E-state index in [1.807, 2.05) is 31.2 Å². The number of aryl methyl sites for hydroxylation is 2.